The fourth-order valence-electron chi connectivity index (χ4n) is 3.57. The Morgan fingerprint density at radius 3 is 2.88 bits per heavy atom. The molecular weight excluding hydrogens is 312 g/mol. The summed E-state index contributed by atoms with van der Waals surface area (Å²) < 4.78 is 0. The third kappa shape index (κ3) is 3.09. The van der Waals surface area contributed by atoms with Crippen LogP contribution < -0.4 is 5.32 Å². The molecule has 0 radical (unpaired) electrons. The zero-order valence-corrected chi connectivity index (χ0v) is 14.2. The summed E-state index contributed by atoms with van der Waals surface area (Å²) in [5.74, 6) is 2.09. The molecule has 128 valence electrons. The number of nitrogens with zero attached hydrogens (tertiary/aromatic N) is 4. The van der Waals surface area contributed by atoms with E-state index in [0.717, 1.165) is 55.2 Å². The largest absolute Gasteiger partial charge is 0.367 e. The van der Waals surface area contributed by atoms with Crippen molar-refractivity contribution in [1.82, 2.24) is 24.8 Å². The predicted molar refractivity (Wildman–Crippen MR) is 97.5 cm³/mol. The Morgan fingerprint density at radius 1 is 1.12 bits per heavy atom. The molecule has 1 saturated carbocycles. The van der Waals surface area contributed by atoms with Crippen molar-refractivity contribution in [2.45, 2.75) is 38.3 Å². The summed E-state index contributed by atoms with van der Waals surface area (Å²) in [6, 6.07) is 8.82. The van der Waals surface area contributed by atoms with Crippen LogP contribution in [0.3, 0.4) is 0 Å². The van der Waals surface area contributed by atoms with Crippen molar-refractivity contribution in [1.29, 1.82) is 0 Å². The fourth-order valence-corrected chi connectivity index (χ4v) is 3.57. The van der Waals surface area contributed by atoms with E-state index in [9.17, 15) is 0 Å². The standard InChI is InChI=1S/C19H22N6/c1-2-4-17-16(3-1)23-18(24-17)11-25-9-7-14-15(8-10-25)20-12-21-19(14)22-13-5-6-13/h1-4,12-13H,5-11H2,(H,23,24)(H,20,21,22). The highest BCUT2D eigenvalue weighted by molar-refractivity contribution is 5.74. The number of imidazole rings is 1. The van der Waals surface area contributed by atoms with E-state index in [2.05, 4.69) is 37.3 Å². The smallest absolute Gasteiger partial charge is 0.133 e. The Morgan fingerprint density at radius 2 is 2.00 bits per heavy atom. The number of hydrogen-bond donors (Lipinski definition) is 2. The van der Waals surface area contributed by atoms with E-state index in [1.165, 1.54) is 24.1 Å². The van der Waals surface area contributed by atoms with Gasteiger partial charge in [0, 0.05) is 31.1 Å². The molecule has 6 nitrogen and oxygen atoms in total. The molecule has 0 amide bonds. The van der Waals surface area contributed by atoms with Crippen molar-refractivity contribution in [3.8, 4) is 0 Å². The quantitative estimate of drug-likeness (QED) is 0.767. The number of hydrogen-bond acceptors (Lipinski definition) is 5. The Balaban J connectivity index is 1.32. The molecule has 6 heteroatoms. The summed E-state index contributed by atoms with van der Waals surface area (Å²) in [5.41, 5.74) is 4.65. The topological polar surface area (TPSA) is 69.7 Å². The average molecular weight is 334 g/mol. The van der Waals surface area contributed by atoms with Crippen LogP contribution in [0.2, 0.25) is 0 Å². The van der Waals surface area contributed by atoms with E-state index in [4.69, 9.17) is 4.98 Å². The van der Waals surface area contributed by atoms with Gasteiger partial charge >= 0.3 is 0 Å². The molecule has 2 aromatic heterocycles. The summed E-state index contributed by atoms with van der Waals surface area (Å²) >= 11 is 0. The minimum absolute atomic E-state index is 0.619. The second-order valence-electron chi connectivity index (χ2n) is 7.04. The Labute approximate surface area is 146 Å². The lowest BCUT2D eigenvalue weighted by molar-refractivity contribution is 0.273. The van der Waals surface area contributed by atoms with Gasteiger partial charge in [0.05, 0.1) is 23.3 Å². The number of H-pyrrole nitrogens is 1. The number of aromatic nitrogens is 4. The summed E-state index contributed by atoms with van der Waals surface area (Å²) in [5, 5.41) is 3.57. The first-order valence-electron chi connectivity index (χ1n) is 9.10. The molecule has 0 unspecified atom stereocenters. The molecule has 0 spiro atoms. The molecule has 1 aliphatic heterocycles. The number of fused-ring (bicyclic) bond motifs is 2. The van der Waals surface area contributed by atoms with Crippen molar-refractivity contribution >= 4 is 16.9 Å². The van der Waals surface area contributed by atoms with Crippen LogP contribution in [0, 0.1) is 0 Å². The van der Waals surface area contributed by atoms with Crippen LogP contribution in [0.1, 0.15) is 29.9 Å². The van der Waals surface area contributed by atoms with Crippen molar-refractivity contribution in [2.75, 3.05) is 18.4 Å². The van der Waals surface area contributed by atoms with Crippen molar-refractivity contribution in [2.24, 2.45) is 0 Å². The van der Waals surface area contributed by atoms with Crippen LogP contribution in [-0.4, -0.2) is 44.0 Å². The zero-order chi connectivity index (χ0) is 16.6. The maximum absolute atomic E-state index is 4.71. The minimum atomic E-state index is 0.619. The summed E-state index contributed by atoms with van der Waals surface area (Å²) in [6.45, 7) is 2.86. The van der Waals surface area contributed by atoms with E-state index in [1.54, 1.807) is 6.33 Å². The molecule has 3 aromatic rings. The molecule has 1 fully saturated rings. The van der Waals surface area contributed by atoms with Gasteiger partial charge in [-0.3, -0.25) is 4.90 Å². The SMILES string of the molecule is c1ccc2[nH]c(CN3CCc4ncnc(NC5CC5)c4CC3)nc2c1. The van der Waals surface area contributed by atoms with Crippen molar-refractivity contribution in [3.63, 3.8) is 0 Å². The highest BCUT2D eigenvalue weighted by atomic mass is 15.2. The monoisotopic (exact) mass is 334 g/mol. The number of para-hydroxylation sites is 2. The lowest BCUT2D eigenvalue weighted by Gasteiger charge is -2.17. The lowest BCUT2D eigenvalue weighted by atomic mass is 10.1. The number of nitrogens with one attached hydrogen (secondary N) is 2. The summed E-state index contributed by atoms with van der Waals surface area (Å²) in [7, 11) is 0. The normalized spacial score (nSPS) is 18.1. The molecule has 2 N–H and O–H groups in total. The number of rotatable bonds is 4. The Hall–Kier alpha value is -2.47. The first kappa shape index (κ1) is 14.8. The zero-order valence-electron chi connectivity index (χ0n) is 14.2. The van der Waals surface area contributed by atoms with Crippen LogP contribution in [0.5, 0.6) is 0 Å². The van der Waals surface area contributed by atoms with E-state index >= 15 is 0 Å². The highest BCUT2D eigenvalue weighted by Crippen LogP contribution is 2.28. The molecule has 1 aromatic carbocycles. The number of benzene rings is 1. The van der Waals surface area contributed by atoms with E-state index in [0.29, 0.717) is 6.04 Å². The van der Waals surface area contributed by atoms with Crippen LogP contribution in [0.4, 0.5) is 5.82 Å². The highest BCUT2D eigenvalue weighted by Gasteiger charge is 2.25. The van der Waals surface area contributed by atoms with Crippen molar-refractivity contribution < 1.29 is 0 Å². The fraction of sp³-hybridized carbons (Fsp3) is 0.421. The Kier molecular flexibility index (Phi) is 3.63. The number of aromatic amines is 1. The molecule has 5 rings (SSSR count). The molecule has 0 saturated heterocycles. The summed E-state index contributed by atoms with van der Waals surface area (Å²) in [6.07, 6.45) is 6.19. The van der Waals surface area contributed by atoms with Gasteiger partial charge in [0.25, 0.3) is 0 Å². The maximum Gasteiger partial charge on any atom is 0.133 e. The molecule has 0 atom stereocenters. The van der Waals surface area contributed by atoms with Gasteiger partial charge in [-0.2, -0.15) is 0 Å². The maximum atomic E-state index is 4.71. The van der Waals surface area contributed by atoms with E-state index < -0.39 is 0 Å². The van der Waals surface area contributed by atoms with Gasteiger partial charge in [0.15, 0.2) is 0 Å². The molecule has 0 bridgehead atoms. The van der Waals surface area contributed by atoms with E-state index in [1.807, 2.05) is 12.1 Å². The van der Waals surface area contributed by atoms with Gasteiger partial charge in [-0.1, -0.05) is 12.1 Å². The predicted octanol–water partition coefficient (Wildman–Crippen LogP) is 2.53. The first-order chi connectivity index (χ1) is 12.3. The average Bonchev–Trinajstić information content (AvgIpc) is 3.38. The molecular formula is C19H22N6. The number of anilines is 1. The second-order valence-corrected chi connectivity index (χ2v) is 7.04. The van der Waals surface area contributed by atoms with Gasteiger partial charge in [0.1, 0.15) is 18.0 Å². The van der Waals surface area contributed by atoms with E-state index in [-0.39, 0.29) is 0 Å². The van der Waals surface area contributed by atoms with Gasteiger partial charge in [-0.05, 0) is 31.4 Å². The lowest BCUT2D eigenvalue weighted by Crippen LogP contribution is -2.26. The van der Waals surface area contributed by atoms with Crippen LogP contribution >= 0.6 is 0 Å². The van der Waals surface area contributed by atoms with Crippen molar-refractivity contribution in [3.05, 3.63) is 47.7 Å². The second kappa shape index (κ2) is 6.11. The van der Waals surface area contributed by atoms with Gasteiger partial charge in [-0.15, -0.1) is 0 Å². The van der Waals surface area contributed by atoms with Crippen LogP contribution in [-0.2, 0) is 19.4 Å². The third-order valence-electron chi connectivity index (χ3n) is 5.11. The third-order valence-corrected chi connectivity index (χ3v) is 5.11. The molecule has 25 heavy (non-hydrogen) atoms. The molecule has 1 aliphatic carbocycles. The van der Waals surface area contributed by atoms with Gasteiger partial charge in [-0.25, -0.2) is 15.0 Å². The first-order valence-corrected chi connectivity index (χ1v) is 9.10. The molecule has 3 heterocycles. The minimum Gasteiger partial charge on any atom is -0.367 e. The van der Waals surface area contributed by atoms with Gasteiger partial charge < -0.3 is 10.3 Å². The Bertz CT molecular complexity index is 865. The van der Waals surface area contributed by atoms with Gasteiger partial charge in [0.2, 0.25) is 0 Å². The van der Waals surface area contributed by atoms with Crippen LogP contribution in [0.15, 0.2) is 30.6 Å². The summed E-state index contributed by atoms with van der Waals surface area (Å²) in [4.78, 5) is 19.6. The van der Waals surface area contributed by atoms with Crippen LogP contribution in [0.25, 0.3) is 11.0 Å². The molecule has 2 aliphatic rings.